The molecule has 2 rings (SSSR count). The Morgan fingerprint density at radius 2 is 1.85 bits per heavy atom. The van der Waals surface area contributed by atoms with E-state index in [-0.39, 0.29) is 17.4 Å². The lowest BCUT2D eigenvalue weighted by Crippen LogP contribution is -2.20. The number of carbonyl (C=O) groups is 1. The number of methoxy groups -OCH3 is 2. The maximum atomic E-state index is 11.9. The van der Waals surface area contributed by atoms with Crippen molar-refractivity contribution >= 4 is 5.91 Å². The molecule has 1 heterocycles. The SMILES string of the molecule is CNC(=O)c1c(OC)cc(-c2ccccc2)nc1OC. The Morgan fingerprint density at radius 3 is 2.40 bits per heavy atom. The molecule has 2 aromatic rings. The van der Waals surface area contributed by atoms with Gasteiger partial charge in [0.25, 0.3) is 5.91 Å². The average molecular weight is 272 g/mol. The molecule has 5 heteroatoms. The highest BCUT2D eigenvalue weighted by molar-refractivity contribution is 5.99. The van der Waals surface area contributed by atoms with Crippen LogP contribution in [-0.2, 0) is 0 Å². The second kappa shape index (κ2) is 6.06. The fourth-order valence-electron chi connectivity index (χ4n) is 1.90. The van der Waals surface area contributed by atoms with E-state index in [4.69, 9.17) is 9.47 Å². The molecule has 20 heavy (non-hydrogen) atoms. The van der Waals surface area contributed by atoms with Gasteiger partial charge in [-0.25, -0.2) is 4.98 Å². The number of pyridine rings is 1. The standard InChI is InChI=1S/C15H16N2O3/c1-16-14(18)13-12(19-2)9-11(17-15(13)20-3)10-7-5-4-6-8-10/h4-9H,1-3H3,(H,16,18). The van der Waals surface area contributed by atoms with Gasteiger partial charge in [-0.2, -0.15) is 0 Å². The molecular weight excluding hydrogens is 256 g/mol. The van der Waals surface area contributed by atoms with Gasteiger partial charge in [0.05, 0.1) is 19.9 Å². The first-order valence-electron chi connectivity index (χ1n) is 6.11. The highest BCUT2D eigenvalue weighted by atomic mass is 16.5. The Balaban J connectivity index is 2.61. The van der Waals surface area contributed by atoms with Gasteiger partial charge in [0.2, 0.25) is 5.88 Å². The fraction of sp³-hybridized carbons (Fsp3) is 0.200. The first-order valence-corrected chi connectivity index (χ1v) is 6.11. The molecular formula is C15H16N2O3. The quantitative estimate of drug-likeness (QED) is 0.926. The molecule has 0 aliphatic heterocycles. The van der Waals surface area contributed by atoms with Gasteiger partial charge in [-0.15, -0.1) is 0 Å². The first kappa shape index (κ1) is 13.9. The van der Waals surface area contributed by atoms with Gasteiger partial charge in [-0.3, -0.25) is 4.79 Å². The summed E-state index contributed by atoms with van der Waals surface area (Å²) in [6, 6.07) is 11.4. The third kappa shape index (κ3) is 2.56. The van der Waals surface area contributed by atoms with E-state index in [0.29, 0.717) is 11.4 Å². The molecule has 0 saturated carbocycles. The Bertz CT molecular complexity index is 587. The van der Waals surface area contributed by atoms with Crippen LogP contribution in [0.4, 0.5) is 0 Å². The molecule has 1 aromatic heterocycles. The summed E-state index contributed by atoms with van der Waals surface area (Å²) >= 11 is 0. The van der Waals surface area contributed by atoms with E-state index >= 15 is 0 Å². The van der Waals surface area contributed by atoms with Gasteiger partial charge in [-0.05, 0) is 0 Å². The third-order valence-electron chi connectivity index (χ3n) is 2.89. The zero-order valence-corrected chi connectivity index (χ0v) is 11.6. The Hall–Kier alpha value is -2.56. The summed E-state index contributed by atoms with van der Waals surface area (Å²) < 4.78 is 10.5. The van der Waals surface area contributed by atoms with Crippen LogP contribution in [0, 0.1) is 0 Å². The van der Waals surface area contributed by atoms with Crippen LogP contribution in [-0.4, -0.2) is 32.2 Å². The third-order valence-corrected chi connectivity index (χ3v) is 2.89. The van der Waals surface area contributed by atoms with Gasteiger partial charge < -0.3 is 14.8 Å². The fourth-order valence-corrected chi connectivity index (χ4v) is 1.90. The molecule has 0 aliphatic carbocycles. The summed E-state index contributed by atoms with van der Waals surface area (Å²) in [4.78, 5) is 16.3. The van der Waals surface area contributed by atoms with Crippen LogP contribution in [0.15, 0.2) is 36.4 Å². The summed E-state index contributed by atoms with van der Waals surface area (Å²) in [6.07, 6.45) is 0. The van der Waals surface area contributed by atoms with Crippen molar-refractivity contribution in [3.63, 3.8) is 0 Å². The maximum absolute atomic E-state index is 11.9. The predicted molar refractivity (Wildman–Crippen MR) is 76.2 cm³/mol. The second-order valence-electron chi connectivity index (χ2n) is 4.04. The number of benzene rings is 1. The zero-order valence-electron chi connectivity index (χ0n) is 11.6. The molecule has 5 nitrogen and oxygen atoms in total. The van der Waals surface area contributed by atoms with Crippen LogP contribution >= 0.6 is 0 Å². The average Bonchev–Trinajstić information content (AvgIpc) is 2.53. The van der Waals surface area contributed by atoms with E-state index in [1.54, 1.807) is 13.1 Å². The van der Waals surface area contributed by atoms with Crippen LogP contribution in [0.1, 0.15) is 10.4 Å². The number of hydrogen-bond donors (Lipinski definition) is 1. The Kier molecular flexibility index (Phi) is 4.20. The minimum Gasteiger partial charge on any atom is -0.496 e. The van der Waals surface area contributed by atoms with Gasteiger partial charge >= 0.3 is 0 Å². The maximum Gasteiger partial charge on any atom is 0.260 e. The van der Waals surface area contributed by atoms with E-state index in [1.807, 2.05) is 30.3 Å². The lowest BCUT2D eigenvalue weighted by molar-refractivity contribution is 0.0956. The number of hydrogen-bond acceptors (Lipinski definition) is 4. The largest absolute Gasteiger partial charge is 0.496 e. The number of rotatable bonds is 4. The molecule has 1 N–H and O–H groups in total. The molecule has 0 aliphatic rings. The first-order chi connectivity index (χ1) is 9.71. The van der Waals surface area contributed by atoms with Crippen LogP contribution in [0.25, 0.3) is 11.3 Å². The number of carbonyl (C=O) groups excluding carboxylic acids is 1. The molecule has 0 spiro atoms. The minimum absolute atomic E-state index is 0.238. The van der Waals surface area contributed by atoms with Crippen molar-refractivity contribution in [2.24, 2.45) is 0 Å². The number of ether oxygens (including phenoxy) is 2. The van der Waals surface area contributed by atoms with E-state index in [0.717, 1.165) is 5.56 Å². The van der Waals surface area contributed by atoms with E-state index in [2.05, 4.69) is 10.3 Å². The van der Waals surface area contributed by atoms with E-state index < -0.39 is 0 Å². The zero-order chi connectivity index (χ0) is 14.5. The highest BCUT2D eigenvalue weighted by Gasteiger charge is 2.20. The lowest BCUT2D eigenvalue weighted by atomic mass is 10.1. The van der Waals surface area contributed by atoms with E-state index in [9.17, 15) is 4.79 Å². The normalized spacial score (nSPS) is 9.95. The molecule has 0 fully saturated rings. The number of nitrogens with zero attached hydrogens (tertiary/aromatic N) is 1. The summed E-state index contributed by atoms with van der Waals surface area (Å²) in [5.41, 5.74) is 1.90. The van der Waals surface area contributed by atoms with Gasteiger partial charge in [0, 0.05) is 18.7 Å². The van der Waals surface area contributed by atoms with Crippen molar-refractivity contribution in [2.75, 3.05) is 21.3 Å². The Morgan fingerprint density at radius 1 is 1.15 bits per heavy atom. The van der Waals surface area contributed by atoms with Crippen molar-refractivity contribution in [3.05, 3.63) is 42.0 Å². The molecule has 104 valence electrons. The van der Waals surface area contributed by atoms with Gasteiger partial charge in [0.1, 0.15) is 11.3 Å². The van der Waals surface area contributed by atoms with Crippen LogP contribution in [0.2, 0.25) is 0 Å². The molecule has 0 atom stereocenters. The number of aromatic nitrogens is 1. The summed E-state index contributed by atoms with van der Waals surface area (Å²) in [6.45, 7) is 0. The second-order valence-corrected chi connectivity index (χ2v) is 4.04. The Labute approximate surface area is 117 Å². The summed E-state index contributed by atoms with van der Waals surface area (Å²) in [5, 5.41) is 2.55. The number of amides is 1. The molecule has 0 radical (unpaired) electrons. The molecule has 1 aromatic carbocycles. The van der Waals surface area contributed by atoms with Crippen LogP contribution in [0.3, 0.4) is 0 Å². The van der Waals surface area contributed by atoms with Crippen molar-refractivity contribution < 1.29 is 14.3 Å². The van der Waals surface area contributed by atoms with Gasteiger partial charge in [0.15, 0.2) is 0 Å². The summed E-state index contributed by atoms with van der Waals surface area (Å²) in [7, 11) is 4.53. The predicted octanol–water partition coefficient (Wildman–Crippen LogP) is 2.13. The topological polar surface area (TPSA) is 60.5 Å². The molecule has 1 amide bonds. The lowest BCUT2D eigenvalue weighted by Gasteiger charge is -2.13. The minimum atomic E-state index is -0.300. The van der Waals surface area contributed by atoms with Crippen LogP contribution < -0.4 is 14.8 Å². The van der Waals surface area contributed by atoms with Crippen molar-refractivity contribution in [3.8, 4) is 22.9 Å². The monoisotopic (exact) mass is 272 g/mol. The van der Waals surface area contributed by atoms with Crippen LogP contribution in [0.5, 0.6) is 11.6 Å². The summed E-state index contributed by atoms with van der Waals surface area (Å²) in [5.74, 6) is 0.364. The van der Waals surface area contributed by atoms with Crippen molar-refractivity contribution in [1.29, 1.82) is 0 Å². The molecule has 0 bridgehead atoms. The highest BCUT2D eigenvalue weighted by Crippen LogP contribution is 2.31. The van der Waals surface area contributed by atoms with Gasteiger partial charge in [-0.1, -0.05) is 30.3 Å². The molecule has 0 unspecified atom stereocenters. The molecule has 0 saturated heterocycles. The number of nitrogens with one attached hydrogen (secondary N) is 1. The van der Waals surface area contributed by atoms with Crippen molar-refractivity contribution in [1.82, 2.24) is 10.3 Å². The van der Waals surface area contributed by atoms with E-state index in [1.165, 1.54) is 14.2 Å². The smallest absolute Gasteiger partial charge is 0.260 e. The van der Waals surface area contributed by atoms with Crippen molar-refractivity contribution in [2.45, 2.75) is 0 Å².